The van der Waals surface area contributed by atoms with Crippen LogP contribution in [0.2, 0.25) is 0 Å². The van der Waals surface area contributed by atoms with Gasteiger partial charge in [-0.15, -0.1) is 11.3 Å². The van der Waals surface area contributed by atoms with Crippen molar-refractivity contribution < 1.29 is 9.53 Å². The SMILES string of the molecule is CCc1ccc(C(=O)CN(CCOC)CC(C)C)s1. The smallest absolute Gasteiger partial charge is 0.186 e. The number of ether oxygens (including phenoxy) is 1. The zero-order chi connectivity index (χ0) is 14.3. The lowest BCUT2D eigenvalue weighted by Crippen LogP contribution is -2.35. The van der Waals surface area contributed by atoms with E-state index in [1.165, 1.54) is 4.88 Å². The summed E-state index contributed by atoms with van der Waals surface area (Å²) in [5.41, 5.74) is 0. The number of carbonyl (C=O) groups excluding carboxylic acids is 1. The second-order valence-electron chi connectivity index (χ2n) is 5.16. The molecule has 1 heterocycles. The van der Waals surface area contributed by atoms with Gasteiger partial charge in [-0.3, -0.25) is 9.69 Å². The quantitative estimate of drug-likeness (QED) is 0.652. The standard InChI is InChI=1S/C15H25NO2S/c1-5-13-6-7-15(19-13)14(17)11-16(8-9-18-4)10-12(2)3/h6-7,12H,5,8-11H2,1-4H3. The molecule has 0 aliphatic carbocycles. The second-order valence-corrected chi connectivity index (χ2v) is 6.33. The highest BCUT2D eigenvalue weighted by Gasteiger charge is 2.15. The molecule has 19 heavy (non-hydrogen) atoms. The van der Waals surface area contributed by atoms with Crippen LogP contribution in [0.1, 0.15) is 35.3 Å². The van der Waals surface area contributed by atoms with Crippen LogP contribution >= 0.6 is 11.3 Å². The van der Waals surface area contributed by atoms with E-state index in [-0.39, 0.29) is 5.78 Å². The van der Waals surface area contributed by atoms with Gasteiger partial charge in [-0.05, 0) is 24.5 Å². The van der Waals surface area contributed by atoms with Gasteiger partial charge in [0, 0.05) is 25.1 Å². The van der Waals surface area contributed by atoms with E-state index in [1.807, 2.05) is 6.07 Å². The minimum atomic E-state index is 0.224. The van der Waals surface area contributed by atoms with Crippen LogP contribution in [0.5, 0.6) is 0 Å². The topological polar surface area (TPSA) is 29.5 Å². The number of hydrogen-bond acceptors (Lipinski definition) is 4. The fourth-order valence-electron chi connectivity index (χ4n) is 1.97. The van der Waals surface area contributed by atoms with Crippen molar-refractivity contribution in [3.05, 3.63) is 21.9 Å². The summed E-state index contributed by atoms with van der Waals surface area (Å²) >= 11 is 1.62. The number of Topliss-reactive ketones (excluding diaryl/α,β-unsaturated/α-hetero) is 1. The summed E-state index contributed by atoms with van der Waals surface area (Å²) in [4.78, 5) is 16.6. The van der Waals surface area contributed by atoms with Crippen LogP contribution in [0.25, 0.3) is 0 Å². The zero-order valence-electron chi connectivity index (χ0n) is 12.4. The minimum Gasteiger partial charge on any atom is -0.383 e. The summed E-state index contributed by atoms with van der Waals surface area (Å²) in [5, 5.41) is 0. The molecule has 4 heteroatoms. The highest BCUT2D eigenvalue weighted by molar-refractivity contribution is 7.14. The molecule has 0 aliphatic rings. The molecular formula is C15H25NO2S. The van der Waals surface area contributed by atoms with E-state index in [1.54, 1.807) is 18.4 Å². The van der Waals surface area contributed by atoms with Crippen molar-refractivity contribution in [3.63, 3.8) is 0 Å². The van der Waals surface area contributed by atoms with Crippen molar-refractivity contribution in [1.29, 1.82) is 0 Å². The van der Waals surface area contributed by atoms with Crippen LogP contribution in [0.4, 0.5) is 0 Å². The Hall–Kier alpha value is -0.710. The van der Waals surface area contributed by atoms with Crippen molar-refractivity contribution >= 4 is 17.1 Å². The molecule has 0 aliphatic heterocycles. The van der Waals surface area contributed by atoms with Gasteiger partial charge in [0.15, 0.2) is 5.78 Å². The number of ketones is 1. The molecule has 0 bridgehead atoms. The van der Waals surface area contributed by atoms with Crippen LogP contribution in [-0.4, -0.2) is 44.0 Å². The summed E-state index contributed by atoms with van der Waals surface area (Å²) in [6, 6.07) is 4.01. The van der Waals surface area contributed by atoms with Gasteiger partial charge >= 0.3 is 0 Å². The van der Waals surface area contributed by atoms with Crippen molar-refractivity contribution in [3.8, 4) is 0 Å². The average Bonchev–Trinajstić information content (AvgIpc) is 2.84. The van der Waals surface area contributed by atoms with Crippen molar-refractivity contribution in [2.45, 2.75) is 27.2 Å². The van der Waals surface area contributed by atoms with Crippen LogP contribution in [0, 0.1) is 5.92 Å². The number of rotatable bonds is 9. The maximum Gasteiger partial charge on any atom is 0.186 e. The fraction of sp³-hybridized carbons (Fsp3) is 0.667. The first-order valence-corrected chi connectivity index (χ1v) is 7.71. The Morgan fingerprint density at radius 3 is 2.68 bits per heavy atom. The number of aryl methyl sites for hydroxylation is 1. The normalized spacial score (nSPS) is 11.5. The summed E-state index contributed by atoms with van der Waals surface area (Å²) in [5.74, 6) is 0.778. The maximum absolute atomic E-state index is 12.3. The summed E-state index contributed by atoms with van der Waals surface area (Å²) in [7, 11) is 1.70. The van der Waals surface area contributed by atoms with E-state index >= 15 is 0 Å². The molecule has 0 saturated heterocycles. The maximum atomic E-state index is 12.3. The van der Waals surface area contributed by atoms with Gasteiger partial charge in [-0.25, -0.2) is 0 Å². The Morgan fingerprint density at radius 2 is 2.16 bits per heavy atom. The minimum absolute atomic E-state index is 0.224. The van der Waals surface area contributed by atoms with E-state index in [4.69, 9.17) is 4.74 Å². The third-order valence-electron chi connectivity index (χ3n) is 2.89. The molecule has 0 N–H and O–H groups in total. The van der Waals surface area contributed by atoms with Crippen molar-refractivity contribution in [1.82, 2.24) is 4.90 Å². The lowest BCUT2D eigenvalue weighted by atomic mass is 10.2. The Bertz CT molecular complexity index is 387. The largest absolute Gasteiger partial charge is 0.383 e. The van der Waals surface area contributed by atoms with Crippen molar-refractivity contribution in [2.75, 3.05) is 33.4 Å². The van der Waals surface area contributed by atoms with E-state index in [2.05, 4.69) is 31.7 Å². The molecule has 0 saturated carbocycles. The Morgan fingerprint density at radius 1 is 1.42 bits per heavy atom. The number of methoxy groups -OCH3 is 1. The molecule has 0 amide bonds. The first kappa shape index (κ1) is 16.3. The van der Waals surface area contributed by atoms with Crippen LogP contribution < -0.4 is 0 Å². The molecule has 0 radical (unpaired) electrons. The van der Waals surface area contributed by atoms with Gasteiger partial charge in [0.25, 0.3) is 0 Å². The molecule has 0 unspecified atom stereocenters. The van der Waals surface area contributed by atoms with Gasteiger partial charge < -0.3 is 4.74 Å². The van der Waals surface area contributed by atoms with Gasteiger partial charge in [0.1, 0.15) is 0 Å². The lowest BCUT2D eigenvalue weighted by Gasteiger charge is -2.22. The van der Waals surface area contributed by atoms with E-state index in [0.717, 1.165) is 24.4 Å². The van der Waals surface area contributed by atoms with Gasteiger partial charge in [0.05, 0.1) is 18.0 Å². The van der Waals surface area contributed by atoms with Gasteiger partial charge in [-0.1, -0.05) is 20.8 Å². The molecule has 0 atom stereocenters. The lowest BCUT2D eigenvalue weighted by molar-refractivity contribution is 0.0885. The molecule has 3 nitrogen and oxygen atoms in total. The third-order valence-corrected chi connectivity index (χ3v) is 4.16. The predicted molar refractivity (Wildman–Crippen MR) is 81.2 cm³/mol. The number of hydrogen-bond donors (Lipinski definition) is 0. The van der Waals surface area contributed by atoms with E-state index in [0.29, 0.717) is 19.1 Å². The number of carbonyl (C=O) groups is 1. The monoisotopic (exact) mass is 283 g/mol. The zero-order valence-corrected chi connectivity index (χ0v) is 13.3. The fourth-order valence-corrected chi connectivity index (χ4v) is 2.85. The van der Waals surface area contributed by atoms with E-state index < -0.39 is 0 Å². The molecule has 1 aromatic heterocycles. The molecule has 1 aromatic rings. The molecular weight excluding hydrogens is 258 g/mol. The highest BCUT2D eigenvalue weighted by Crippen LogP contribution is 2.18. The highest BCUT2D eigenvalue weighted by atomic mass is 32.1. The molecule has 0 spiro atoms. The van der Waals surface area contributed by atoms with E-state index in [9.17, 15) is 4.79 Å². The summed E-state index contributed by atoms with van der Waals surface area (Å²) < 4.78 is 5.11. The van der Waals surface area contributed by atoms with Crippen LogP contribution in [0.3, 0.4) is 0 Å². The summed E-state index contributed by atoms with van der Waals surface area (Å²) in [6.45, 7) is 9.36. The molecule has 1 rings (SSSR count). The Kier molecular flexibility index (Phi) is 7.28. The molecule has 108 valence electrons. The first-order chi connectivity index (χ1) is 9.06. The van der Waals surface area contributed by atoms with Gasteiger partial charge in [-0.2, -0.15) is 0 Å². The van der Waals surface area contributed by atoms with Crippen molar-refractivity contribution in [2.24, 2.45) is 5.92 Å². The van der Waals surface area contributed by atoms with Gasteiger partial charge in [0.2, 0.25) is 0 Å². The molecule has 0 aromatic carbocycles. The molecule has 0 fully saturated rings. The second kappa shape index (κ2) is 8.46. The predicted octanol–water partition coefficient (Wildman–Crippen LogP) is 3.10. The van der Waals surface area contributed by atoms with Crippen LogP contribution in [0.15, 0.2) is 12.1 Å². The number of thiophene rings is 1. The first-order valence-electron chi connectivity index (χ1n) is 6.90. The summed E-state index contributed by atoms with van der Waals surface area (Å²) in [6.07, 6.45) is 0.997. The average molecular weight is 283 g/mol. The third kappa shape index (κ3) is 5.85. The Balaban J connectivity index is 2.58. The van der Waals surface area contributed by atoms with Crippen LogP contribution in [-0.2, 0) is 11.2 Å². The Labute approximate surface area is 120 Å². The number of nitrogens with zero attached hydrogens (tertiary/aromatic N) is 1.